The van der Waals surface area contributed by atoms with Crippen LogP contribution in [0.2, 0.25) is 0 Å². The third-order valence-corrected chi connectivity index (χ3v) is 16.3. The maximum atomic E-state index is 12.5. The van der Waals surface area contributed by atoms with Crippen LogP contribution < -0.4 is 18.9 Å². The molecule has 0 aliphatic heterocycles. The van der Waals surface area contributed by atoms with Crippen LogP contribution in [0.25, 0.3) is 0 Å². The Kier molecular flexibility index (Phi) is 41.6. The number of hydrogen-bond donors (Lipinski definition) is 0. The molecule has 0 saturated heterocycles. The molecule has 10 heteroatoms. The maximum Gasteiger partial charge on any atom is 0.243 e. The van der Waals surface area contributed by atoms with Crippen molar-refractivity contribution in [3.05, 3.63) is 184 Å². The molecule has 0 aromatic heterocycles. The summed E-state index contributed by atoms with van der Waals surface area (Å²) < 4.78 is 58.3. The van der Waals surface area contributed by atoms with Gasteiger partial charge >= 0.3 is 0 Å². The zero-order chi connectivity index (χ0) is 65.3. The first-order chi connectivity index (χ1) is 41.4. The molecule has 0 radical (unpaired) electrons. The van der Waals surface area contributed by atoms with E-state index in [1.54, 1.807) is 37.8 Å². The van der Waals surface area contributed by atoms with Crippen molar-refractivity contribution in [2.75, 3.05) is 67.5 Å². The minimum absolute atomic E-state index is 0.402. The maximum absolute atomic E-state index is 12.5. The Labute approximate surface area is 532 Å². The molecule has 6 aromatic rings. The molecule has 486 valence electrons. The van der Waals surface area contributed by atoms with Crippen molar-refractivity contribution in [1.29, 1.82) is 0 Å². The minimum Gasteiger partial charge on any atom is -0.494 e. The Balaban J connectivity index is 0.000000525. The molecule has 9 nitrogen and oxygen atoms in total. The molecule has 0 heterocycles. The van der Waals surface area contributed by atoms with E-state index in [2.05, 4.69) is 190 Å². The summed E-state index contributed by atoms with van der Waals surface area (Å²) in [6.07, 6.45) is 6.56. The Morgan fingerprint density at radius 2 is 0.690 bits per heavy atom. The number of unbranched alkanes of at least 4 members (excludes halogenated alkanes) is 1. The fourth-order valence-corrected chi connectivity index (χ4v) is 10.1. The summed E-state index contributed by atoms with van der Waals surface area (Å²) in [5, 5.41) is 0. The molecule has 0 saturated carbocycles. The van der Waals surface area contributed by atoms with Gasteiger partial charge in [-0.15, -0.1) is 0 Å². The third kappa shape index (κ3) is 32.4. The zero-order valence-corrected chi connectivity index (χ0v) is 59.0. The van der Waals surface area contributed by atoms with Crippen LogP contribution in [0.1, 0.15) is 243 Å². The molecule has 0 atom stereocenters. The summed E-state index contributed by atoms with van der Waals surface area (Å²) in [6, 6.07) is 47.9. The monoisotopic (exact) mass is 1220 g/mol. The summed E-state index contributed by atoms with van der Waals surface area (Å²) in [7, 11) is 1.65. The van der Waals surface area contributed by atoms with Gasteiger partial charge in [-0.1, -0.05) is 222 Å². The highest BCUT2D eigenvalue weighted by Gasteiger charge is 2.23. The molecular weight excluding hydrogens is 1100 g/mol. The predicted molar refractivity (Wildman–Crippen MR) is 372 cm³/mol. The van der Waals surface area contributed by atoms with Gasteiger partial charge in [-0.3, -0.25) is 0 Å². The lowest BCUT2D eigenvalue weighted by Gasteiger charge is -2.21. The summed E-state index contributed by atoms with van der Waals surface area (Å²) in [6.45, 7) is 43.3. The first-order valence-electron chi connectivity index (χ1n) is 32.5. The molecule has 6 aromatic carbocycles. The molecular formula is C77H119NO8S. The van der Waals surface area contributed by atoms with Crippen LogP contribution in [0.4, 0.5) is 0 Å². The molecule has 0 amide bonds. The van der Waals surface area contributed by atoms with Crippen LogP contribution in [0, 0.1) is 0 Å². The molecule has 87 heavy (non-hydrogen) atoms. The van der Waals surface area contributed by atoms with Crippen LogP contribution in [0.3, 0.4) is 0 Å². The number of benzene rings is 6. The average molecular weight is 1220 g/mol. The standard InChI is InChI=1S/C15H25NO2S.C13H20O3.C13H20.C12H18O2.C12H18O.C12H18/c1-5-11-16(12-6-2)19(17,18)15-9-7-14(8-10-15)13(3)4;1-10(2)11-5-6-12(13(9-11)15-4)16-8-7-14-3;1-4-5-6-12-7-9-13(10-8-12)11(2)3;1-10(2)11-4-6-12(7-5-11)14-9-8-13-3;1-4-9-13-12-7-5-11(6-8-12)10(2)3;1-9(2)11-5-7-12(8-6-11)10(3)4/h7-10,13H,5-6,11-12H2,1-4H3;5-6,9-10H,7-8H2,1-4H3;7-11H,4-6H2,1-3H3;4-7,10H,8-9H2,1-3H3;5-8,10H,4,9H2,1-3H3;5-10H,1-4H3. The van der Waals surface area contributed by atoms with E-state index >= 15 is 0 Å². The summed E-state index contributed by atoms with van der Waals surface area (Å²) in [5.74, 6) is 7.45. The van der Waals surface area contributed by atoms with E-state index in [9.17, 15) is 8.42 Å². The normalized spacial score (nSPS) is 11.0. The second-order valence-electron chi connectivity index (χ2n) is 24.1. The van der Waals surface area contributed by atoms with E-state index in [0.29, 0.717) is 85.8 Å². The number of sulfonamides is 1. The molecule has 6 rings (SSSR count). The van der Waals surface area contributed by atoms with Gasteiger partial charge < -0.3 is 28.4 Å². The van der Waals surface area contributed by atoms with Gasteiger partial charge in [-0.2, -0.15) is 4.31 Å². The van der Waals surface area contributed by atoms with Gasteiger partial charge in [-0.05, 0) is 167 Å². The summed E-state index contributed by atoms with van der Waals surface area (Å²) >= 11 is 0. The van der Waals surface area contributed by atoms with Crippen molar-refractivity contribution < 1.29 is 36.8 Å². The van der Waals surface area contributed by atoms with Crippen LogP contribution in [0.5, 0.6) is 23.0 Å². The predicted octanol–water partition coefficient (Wildman–Crippen LogP) is 21.0. The molecule has 0 unspecified atom stereocenters. The van der Waals surface area contributed by atoms with Crippen molar-refractivity contribution in [2.24, 2.45) is 0 Å². The molecule has 0 spiro atoms. The van der Waals surface area contributed by atoms with E-state index in [-0.39, 0.29) is 0 Å². The summed E-state index contributed by atoms with van der Waals surface area (Å²) in [5.41, 5.74) is 10.9. The number of methoxy groups -OCH3 is 3. The second kappa shape index (κ2) is 45.6. The van der Waals surface area contributed by atoms with Gasteiger partial charge in [0.25, 0.3) is 0 Å². The highest BCUT2D eigenvalue weighted by atomic mass is 32.2. The van der Waals surface area contributed by atoms with E-state index in [1.165, 1.54) is 58.2 Å². The smallest absolute Gasteiger partial charge is 0.243 e. The van der Waals surface area contributed by atoms with Crippen molar-refractivity contribution in [2.45, 2.75) is 209 Å². The number of rotatable bonds is 28. The SMILES string of the molecule is CC(C)c1ccc(C(C)C)cc1.CCCCc1ccc(C(C)C)cc1.CCCN(CCC)S(=O)(=O)c1ccc(C(C)C)cc1.CCCOc1ccc(C(C)C)cc1.COCCOc1ccc(C(C)C)cc1.COCCOc1ccc(C(C)C)cc1OC. The number of nitrogens with zero attached hydrogens (tertiary/aromatic N) is 1. The van der Waals surface area contributed by atoms with Gasteiger partial charge in [0.15, 0.2) is 11.5 Å². The molecule has 0 aliphatic rings. The minimum atomic E-state index is -3.33. The lowest BCUT2D eigenvalue weighted by atomic mass is 9.97. The van der Waals surface area contributed by atoms with E-state index < -0.39 is 10.0 Å². The molecule has 0 N–H and O–H groups in total. The van der Waals surface area contributed by atoms with Crippen LogP contribution in [-0.4, -0.2) is 80.2 Å². The number of aryl methyl sites for hydroxylation is 1. The first kappa shape index (κ1) is 79.4. The second-order valence-corrected chi connectivity index (χ2v) is 26.1. The van der Waals surface area contributed by atoms with Crippen LogP contribution >= 0.6 is 0 Å². The quantitative estimate of drug-likeness (QED) is 0.0449. The van der Waals surface area contributed by atoms with Crippen molar-refractivity contribution in [3.63, 3.8) is 0 Å². The largest absolute Gasteiger partial charge is 0.494 e. The van der Waals surface area contributed by atoms with Crippen molar-refractivity contribution in [1.82, 2.24) is 4.31 Å². The van der Waals surface area contributed by atoms with Gasteiger partial charge in [0.1, 0.15) is 24.7 Å². The number of hydrogen-bond acceptors (Lipinski definition) is 8. The van der Waals surface area contributed by atoms with Gasteiger partial charge in [0.2, 0.25) is 10.0 Å². The van der Waals surface area contributed by atoms with Crippen LogP contribution in [0.15, 0.2) is 144 Å². The Hall–Kier alpha value is -5.65. The van der Waals surface area contributed by atoms with E-state index in [0.717, 1.165) is 54.4 Å². The fraction of sp³-hybridized carbons (Fsp3) is 0.532. The van der Waals surface area contributed by atoms with Crippen molar-refractivity contribution >= 4 is 10.0 Å². The van der Waals surface area contributed by atoms with Crippen LogP contribution in [-0.2, 0) is 25.9 Å². The van der Waals surface area contributed by atoms with E-state index in [1.807, 2.05) is 62.4 Å². The lowest BCUT2D eigenvalue weighted by molar-refractivity contribution is 0.144. The van der Waals surface area contributed by atoms with Gasteiger partial charge in [0, 0.05) is 27.3 Å². The van der Waals surface area contributed by atoms with E-state index in [4.69, 9.17) is 28.4 Å². The van der Waals surface area contributed by atoms with Gasteiger partial charge in [-0.25, -0.2) is 8.42 Å². The molecule has 0 fully saturated rings. The topological polar surface area (TPSA) is 92.8 Å². The molecule has 0 bridgehead atoms. The third-order valence-electron chi connectivity index (χ3n) is 14.4. The highest BCUT2D eigenvalue weighted by Crippen LogP contribution is 2.31. The Morgan fingerprint density at radius 3 is 1.02 bits per heavy atom. The average Bonchev–Trinajstić information content (AvgIpc) is 3.58. The lowest BCUT2D eigenvalue weighted by Crippen LogP contribution is -2.32. The molecule has 0 aliphatic carbocycles. The Morgan fingerprint density at radius 1 is 0.356 bits per heavy atom. The highest BCUT2D eigenvalue weighted by molar-refractivity contribution is 7.89. The Bertz CT molecular complexity index is 2640. The fourth-order valence-electron chi connectivity index (χ4n) is 8.50. The van der Waals surface area contributed by atoms with Gasteiger partial charge in [0.05, 0.1) is 31.8 Å². The zero-order valence-electron chi connectivity index (χ0n) is 58.1. The first-order valence-corrected chi connectivity index (χ1v) is 33.9. The number of ether oxygens (including phenoxy) is 6. The van der Waals surface area contributed by atoms with Crippen molar-refractivity contribution in [3.8, 4) is 23.0 Å². The summed E-state index contributed by atoms with van der Waals surface area (Å²) in [4.78, 5) is 0.402.